The quantitative estimate of drug-likeness (QED) is 0.463. The number of hydrogen-bond acceptors (Lipinski definition) is 7. The van der Waals surface area contributed by atoms with Gasteiger partial charge in [-0.1, -0.05) is 37.0 Å². The number of amides is 1. The van der Waals surface area contributed by atoms with Gasteiger partial charge in [0.15, 0.2) is 17.2 Å². The highest BCUT2D eigenvalue weighted by Gasteiger charge is 2.30. The van der Waals surface area contributed by atoms with Gasteiger partial charge in [-0.15, -0.1) is 0 Å². The molecular formula is C26H32N4O5S. The number of aryl methyl sites for hydroxylation is 1. The molecule has 1 amide bonds. The van der Waals surface area contributed by atoms with Crippen molar-refractivity contribution in [2.75, 3.05) is 11.4 Å². The molecule has 0 saturated heterocycles. The van der Waals surface area contributed by atoms with Crippen LogP contribution in [0.3, 0.4) is 0 Å². The predicted octanol–water partition coefficient (Wildman–Crippen LogP) is 4.87. The zero-order valence-electron chi connectivity index (χ0n) is 21.1. The zero-order valence-corrected chi connectivity index (χ0v) is 21.9. The highest BCUT2D eigenvalue weighted by Crippen LogP contribution is 2.27. The summed E-state index contributed by atoms with van der Waals surface area (Å²) in [6, 6.07) is 8.06. The molecule has 0 N–H and O–H groups in total. The summed E-state index contributed by atoms with van der Waals surface area (Å²) in [5.74, 6) is -0.00511. The molecule has 0 spiro atoms. The van der Waals surface area contributed by atoms with Crippen LogP contribution in [-0.4, -0.2) is 46.4 Å². The van der Waals surface area contributed by atoms with E-state index in [-0.39, 0.29) is 40.1 Å². The standard InChI is InChI=1S/C26H32N4O5S/c1-18-10-12-20(13-11-18)36(33,34)30-15-14-21-24(30)27-16-23(28-21)29(25(32)35-26(2,3)4)17-22(31)19-8-6-5-7-9-19/h10-16,19H,5-9,17H2,1-4H3. The number of Topliss-reactive ketones (excluding diaryl/α,β-unsaturated/α-hetero) is 1. The van der Waals surface area contributed by atoms with Crippen molar-refractivity contribution in [3.8, 4) is 0 Å². The molecule has 192 valence electrons. The van der Waals surface area contributed by atoms with E-state index in [2.05, 4.69) is 9.97 Å². The first kappa shape index (κ1) is 25.8. The Balaban J connectivity index is 1.68. The summed E-state index contributed by atoms with van der Waals surface area (Å²) in [7, 11) is -3.89. The number of ketones is 1. The van der Waals surface area contributed by atoms with Crippen molar-refractivity contribution in [3.05, 3.63) is 48.3 Å². The first-order chi connectivity index (χ1) is 17.0. The molecular weight excluding hydrogens is 480 g/mol. The molecule has 2 heterocycles. The van der Waals surface area contributed by atoms with Crippen LogP contribution in [0.2, 0.25) is 0 Å². The van der Waals surface area contributed by atoms with Gasteiger partial charge in [0.2, 0.25) is 0 Å². The van der Waals surface area contributed by atoms with E-state index in [1.807, 2.05) is 6.92 Å². The lowest BCUT2D eigenvalue weighted by molar-refractivity contribution is -0.122. The minimum atomic E-state index is -3.89. The fraction of sp³-hybridized carbons (Fsp3) is 0.462. The second-order valence-electron chi connectivity index (χ2n) is 10.2. The third kappa shape index (κ3) is 5.59. The van der Waals surface area contributed by atoms with Crippen LogP contribution in [0.15, 0.2) is 47.6 Å². The Bertz CT molecular complexity index is 1370. The van der Waals surface area contributed by atoms with Crippen molar-refractivity contribution in [1.29, 1.82) is 0 Å². The summed E-state index contributed by atoms with van der Waals surface area (Å²) in [5, 5.41) is 0. The molecule has 1 fully saturated rings. The van der Waals surface area contributed by atoms with Gasteiger partial charge >= 0.3 is 6.09 Å². The molecule has 0 radical (unpaired) electrons. The van der Waals surface area contributed by atoms with E-state index < -0.39 is 21.7 Å². The van der Waals surface area contributed by atoms with Crippen molar-refractivity contribution in [1.82, 2.24) is 13.9 Å². The number of carbonyl (C=O) groups is 2. The molecule has 4 rings (SSSR count). The number of anilines is 1. The van der Waals surface area contributed by atoms with E-state index >= 15 is 0 Å². The first-order valence-corrected chi connectivity index (χ1v) is 13.6. The van der Waals surface area contributed by atoms with Gasteiger partial charge in [0.05, 0.1) is 17.6 Å². The summed E-state index contributed by atoms with van der Waals surface area (Å²) in [5.41, 5.74) is 0.580. The summed E-state index contributed by atoms with van der Waals surface area (Å²) < 4.78 is 33.0. The van der Waals surface area contributed by atoms with Crippen molar-refractivity contribution < 1.29 is 22.7 Å². The van der Waals surface area contributed by atoms with Crippen LogP contribution < -0.4 is 4.90 Å². The van der Waals surface area contributed by atoms with Crippen LogP contribution in [0, 0.1) is 12.8 Å². The molecule has 0 aliphatic heterocycles. The van der Waals surface area contributed by atoms with Crippen LogP contribution >= 0.6 is 0 Å². The second-order valence-corrected chi connectivity index (χ2v) is 12.0. The summed E-state index contributed by atoms with van der Waals surface area (Å²) >= 11 is 0. The van der Waals surface area contributed by atoms with Gasteiger partial charge < -0.3 is 4.74 Å². The summed E-state index contributed by atoms with van der Waals surface area (Å²) in [4.78, 5) is 36.3. The number of rotatable bonds is 6. The van der Waals surface area contributed by atoms with Gasteiger partial charge in [-0.2, -0.15) is 0 Å². The lowest BCUT2D eigenvalue weighted by Gasteiger charge is -2.28. The molecule has 10 heteroatoms. The van der Waals surface area contributed by atoms with E-state index in [0.29, 0.717) is 0 Å². The fourth-order valence-electron chi connectivity index (χ4n) is 4.29. The largest absolute Gasteiger partial charge is 0.443 e. The van der Waals surface area contributed by atoms with Crippen LogP contribution in [0.25, 0.3) is 11.2 Å². The number of benzene rings is 1. The average Bonchev–Trinajstić information content (AvgIpc) is 3.26. The van der Waals surface area contributed by atoms with Crippen molar-refractivity contribution >= 4 is 38.9 Å². The highest BCUT2D eigenvalue weighted by molar-refractivity contribution is 7.90. The Morgan fingerprint density at radius 3 is 2.39 bits per heavy atom. The van der Waals surface area contributed by atoms with Gasteiger partial charge in [0.1, 0.15) is 11.1 Å². The van der Waals surface area contributed by atoms with E-state index in [1.54, 1.807) is 45.0 Å². The third-order valence-electron chi connectivity index (χ3n) is 6.19. The van der Waals surface area contributed by atoms with Gasteiger partial charge in [-0.25, -0.2) is 27.2 Å². The molecule has 36 heavy (non-hydrogen) atoms. The molecule has 1 aromatic carbocycles. The van der Waals surface area contributed by atoms with E-state index in [1.165, 1.54) is 23.4 Å². The number of fused-ring (bicyclic) bond motifs is 1. The van der Waals surface area contributed by atoms with Crippen LogP contribution in [0.4, 0.5) is 10.6 Å². The minimum Gasteiger partial charge on any atom is -0.443 e. The smallest absolute Gasteiger partial charge is 0.416 e. The van der Waals surface area contributed by atoms with Crippen LogP contribution in [0.5, 0.6) is 0 Å². The van der Waals surface area contributed by atoms with Crippen molar-refractivity contribution in [3.63, 3.8) is 0 Å². The monoisotopic (exact) mass is 512 g/mol. The Morgan fingerprint density at radius 1 is 1.08 bits per heavy atom. The molecule has 0 bridgehead atoms. The maximum Gasteiger partial charge on any atom is 0.416 e. The van der Waals surface area contributed by atoms with Crippen molar-refractivity contribution in [2.45, 2.75) is 70.3 Å². The summed E-state index contributed by atoms with van der Waals surface area (Å²) in [6.45, 7) is 6.94. The molecule has 0 unspecified atom stereocenters. The summed E-state index contributed by atoms with van der Waals surface area (Å²) in [6.07, 6.45) is 6.72. The topological polar surface area (TPSA) is 111 Å². The predicted molar refractivity (Wildman–Crippen MR) is 136 cm³/mol. The first-order valence-electron chi connectivity index (χ1n) is 12.2. The molecule has 9 nitrogen and oxygen atoms in total. The van der Waals surface area contributed by atoms with Crippen molar-refractivity contribution in [2.24, 2.45) is 5.92 Å². The zero-order chi connectivity index (χ0) is 26.1. The van der Waals surface area contributed by atoms with E-state index in [4.69, 9.17) is 4.74 Å². The molecule has 1 aliphatic carbocycles. The molecule has 2 aromatic heterocycles. The Kier molecular flexibility index (Phi) is 7.17. The third-order valence-corrected chi connectivity index (χ3v) is 7.87. The fourth-order valence-corrected chi connectivity index (χ4v) is 5.59. The Hall–Kier alpha value is -3.27. The maximum absolute atomic E-state index is 13.2. The second kappa shape index (κ2) is 10.0. The highest BCUT2D eigenvalue weighted by atomic mass is 32.2. The maximum atomic E-state index is 13.2. The lowest BCUT2D eigenvalue weighted by Crippen LogP contribution is -2.42. The lowest BCUT2D eigenvalue weighted by atomic mass is 9.86. The van der Waals surface area contributed by atoms with E-state index in [0.717, 1.165) is 41.6 Å². The van der Waals surface area contributed by atoms with Crippen LogP contribution in [-0.2, 0) is 19.6 Å². The molecule has 3 aromatic rings. The Morgan fingerprint density at radius 2 is 1.75 bits per heavy atom. The number of carbonyl (C=O) groups excluding carboxylic acids is 2. The van der Waals surface area contributed by atoms with Gasteiger partial charge in [-0.3, -0.25) is 9.69 Å². The average molecular weight is 513 g/mol. The number of ether oxygens (including phenoxy) is 1. The van der Waals surface area contributed by atoms with Gasteiger partial charge in [0, 0.05) is 12.1 Å². The van der Waals surface area contributed by atoms with Gasteiger partial charge in [0.25, 0.3) is 10.0 Å². The SMILES string of the molecule is Cc1ccc(S(=O)(=O)n2ccc3nc(N(CC(=O)C4CCCCC4)C(=O)OC(C)(C)C)cnc32)cc1. The minimum absolute atomic E-state index is 0.0398. The molecule has 0 atom stereocenters. The molecule has 1 saturated carbocycles. The van der Waals surface area contributed by atoms with Crippen LogP contribution in [0.1, 0.15) is 58.4 Å². The molecule has 1 aliphatic rings. The number of hydrogen-bond donors (Lipinski definition) is 0. The van der Waals surface area contributed by atoms with E-state index in [9.17, 15) is 18.0 Å². The normalized spacial score (nSPS) is 15.1. The number of nitrogens with zero attached hydrogens (tertiary/aromatic N) is 4. The number of aromatic nitrogens is 3. The Labute approximate surface area is 211 Å². The van der Waals surface area contributed by atoms with Gasteiger partial charge in [-0.05, 0) is 58.7 Å².